The third-order valence-electron chi connectivity index (χ3n) is 5.57. The third kappa shape index (κ3) is 1.77. The molecule has 6 heteroatoms. The van der Waals surface area contributed by atoms with Gasteiger partial charge in [-0.25, -0.2) is 0 Å². The van der Waals surface area contributed by atoms with Crippen molar-refractivity contribution >= 4 is 0 Å². The molecular formula is C17H19NO5. The van der Waals surface area contributed by atoms with Crippen LogP contribution in [0.4, 0.5) is 0 Å². The number of nitrogens with zero attached hydrogens (tertiary/aromatic N) is 1. The van der Waals surface area contributed by atoms with Gasteiger partial charge in [0.15, 0.2) is 11.5 Å². The van der Waals surface area contributed by atoms with Gasteiger partial charge in [0.05, 0.1) is 12.2 Å². The van der Waals surface area contributed by atoms with E-state index in [9.17, 15) is 10.2 Å². The number of aliphatic hydroxyl groups excluding tert-OH is 2. The standard InChI is InChI=1S/C17H19NO5/c1-21-14-4-10-11(19)6-18-5-8-2-12-13(23-7-22-12)3-9(8)15(16(10)18)17(14)20/h2-4,11,14-17,19-20H,5-7H2,1H3. The lowest BCUT2D eigenvalue weighted by molar-refractivity contribution is -0.0231. The molecule has 0 bridgehead atoms. The zero-order chi connectivity index (χ0) is 15.7. The zero-order valence-corrected chi connectivity index (χ0v) is 12.8. The third-order valence-corrected chi connectivity index (χ3v) is 5.57. The molecule has 1 aromatic rings. The summed E-state index contributed by atoms with van der Waals surface area (Å²) in [6, 6.07) is 4.02. The molecule has 4 aliphatic rings. The second kappa shape index (κ2) is 4.70. The average Bonchev–Trinajstić information content (AvgIpc) is 3.11. The van der Waals surface area contributed by atoms with Gasteiger partial charge in [-0.1, -0.05) is 0 Å². The Morgan fingerprint density at radius 1 is 1.22 bits per heavy atom. The van der Waals surface area contributed by atoms with Crippen LogP contribution in [-0.4, -0.2) is 59.9 Å². The minimum atomic E-state index is -0.652. The molecule has 5 atom stereocenters. The van der Waals surface area contributed by atoms with Crippen molar-refractivity contribution < 1.29 is 24.4 Å². The number of benzene rings is 1. The van der Waals surface area contributed by atoms with E-state index in [0.717, 1.165) is 34.7 Å². The highest BCUT2D eigenvalue weighted by Gasteiger charge is 2.52. The molecule has 1 saturated heterocycles. The van der Waals surface area contributed by atoms with Gasteiger partial charge in [0.2, 0.25) is 6.79 Å². The predicted molar refractivity (Wildman–Crippen MR) is 80.4 cm³/mol. The number of hydrogen-bond acceptors (Lipinski definition) is 6. The van der Waals surface area contributed by atoms with Crippen LogP contribution in [0.15, 0.2) is 23.8 Å². The van der Waals surface area contributed by atoms with E-state index in [2.05, 4.69) is 4.90 Å². The molecule has 0 radical (unpaired) electrons. The van der Waals surface area contributed by atoms with Gasteiger partial charge in [0, 0.05) is 32.2 Å². The molecular weight excluding hydrogens is 298 g/mol. The Labute approximate surface area is 133 Å². The van der Waals surface area contributed by atoms with E-state index in [1.165, 1.54) is 0 Å². The lowest BCUT2D eigenvalue weighted by atomic mass is 9.73. The Kier molecular flexibility index (Phi) is 2.82. The molecule has 3 heterocycles. The molecule has 5 rings (SSSR count). The number of hydrogen-bond donors (Lipinski definition) is 2. The number of fused-ring (bicyclic) bond motifs is 3. The summed E-state index contributed by atoms with van der Waals surface area (Å²) in [6.07, 6.45) is 0.341. The normalized spacial score (nSPS) is 37.3. The molecule has 1 fully saturated rings. The molecule has 23 heavy (non-hydrogen) atoms. The van der Waals surface area contributed by atoms with E-state index < -0.39 is 18.3 Å². The first-order valence-corrected chi connectivity index (χ1v) is 7.94. The highest BCUT2D eigenvalue weighted by atomic mass is 16.7. The van der Waals surface area contributed by atoms with Crippen molar-refractivity contribution in [1.29, 1.82) is 0 Å². The highest BCUT2D eigenvalue weighted by Crippen LogP contribution is 2.49. The summed E-state index contributed by atoms with van der Waals surface area (Å²) in [7, 11) is 1.59. The van der Waals surface area contributed by atoms with E-state index in [1.807, 2.05) is 18.2 Å². The Balaban J connectivity index is 1.68. The Hall–Kier alpha value is -1.60. The Morgan fingerprint density at radius 3 is 2.78 bits per heavy atom. The summed E-state index contributed by atoms with van der Waals surface area (Å²) in [5.41, 5.74) is 3.17. The number of rotatable bonds is 1. The van der Waals surface area contributed by atoms with Crippen molar-refractivity contribution in [3.05, 3.63) is 34.9 Å². The second-order valence-corrected chi connectivity index (χ2v) is 6.68. The molecule has 1 aliphatic carbocycles. The van der Waals surface area contributed by atoms with Gasteiger partial charge < -0.3 is 24.4 Å². The minimum absolute atomic E-state index is 0.0271. The van der Waals surface area contributed by atoms with Gasteiger partial charge >= 0.3 is 0 Å². The highest BCUT2D eigenvalue weighted by molar-refractivity contribution is 5.53. The maximum Gasteiger partial charge on any atom is 0.231 e. The molecule has 3 aliphatic heterocycles. The SMILES string of the molecule is COC1C=C2C(O)CN3Cc4cc5c(cc4C(C1O)C23)OCO5. The quantitative estimate of drug-likeness (QED) is 0.730. The van der Waals surface area contributed by atoms with Gasteiger partial charge in [-0.3, -0.25) is 4.90 Å². The molecule has 6 nitrogen and oxygen atoms in total. The molecule has 2 N–H and O–H groups in total. The molecule has 122 valence electrons. The molecule has 0 amide bonds. The number of ether oxygens (including phenoxy) is 3. The van der Waals surface area contributed by atoms with Crippen LogP contribution in [0.5, 0.6) is 11.5 Å². The van der Waals surface area contributed by atoms with E-state index >= 15 is 0 Å². The van der Waals surface area contributed by atoms with Crippen molar-refractivity contribution in [3.8, 4) is 11.5 Å². The minimum Gasteiger partial charge on any atom is -0.454 e. The molecule has 5 unspecified atom stereocenters. The van der Waals surface area contributed by atoms with E-state index in [4.69, 9.17) is 14.2 Å². The van der Waals surface area contributed by atoms with Crippen molar-refractivity contribution in [1.82, 2.24) is 4.90 Å². The molecule has 1 aromatic carbocycles. The lowest BCUT2D eigenvalue weighted by Gasteiger charge is -2.44. The predicted octanol–water partition coefficient (Wildman–Crippen LogP) is 0.373. The second-order valence-electron chi connectivity index (χ2n) is 6.68. The van der Waals surface area contributed by atoms with Crippen LogP contribution in [0.2, 0.25) is 0 Å². The fraction of sp³-hybridized carbons (Fsp3) is 0.529. The lowest BCUT2D eigenvalue weighted by Crippen LogP contribution is -2.50. The van der Waals surface area contributed by atoms with Crippen LogP contribution in [0, 0.1) is 0 Å². The largest absolute Gasteiger partial charge is 0.454 e. The maximum atomic E-state index is 10.9. The number of aliphatic hydroxyl groups is 2. The van der Waals surface area contributed by atoms with Crippen LogP contribution in [0.3, 0.4) is 0 Å². The van der Waals surface area contributed by atoms with Crippen molar-refractivity contribution in [2.75, 3.05) is 20.4 Å². The first-order valence-electron chi connectivity index (χ1n) is 7.94. The van der Waals surface area contributed by atoms with E-state index in [0.29, 0.717) is 6.54 Å². The smallest absolute Gasteiger partial charge is 0.231 e. The topological polar surface area (TPSA) is 71.4 Å². The Morgan fingerprint density at radius 2 is 2.00 bits per heavy atom. The van der Waals surface area contributed by atoms with Crippen LogP contribution in [0.1, 0.15) is 17.0 Å². The summed E-state index contributed by atoms with van der Waals surface area (Å²) in [5, 5.41) is 21.3. The first-order chi connectivity index (χ1) is 11.2. The summed E-state index contributed by atoms with van der Waals surface area (Å²) >= 11 is 0. The van der Waals surface area contributed by atoms with Crippen LogP contribution in [0.25, 0.3) is 0 Å². The van der Waals surface area contributed by atoms with Crippen LogP contribution < -0.4 is 9.47 Å². The van der Waals surface area contributed by atoms with Crippen molar-refractivity contribution in [3.63, 3.8) is 0 Å². The van der Waals surface area contributed by atoms with Gasteiger partial charge in [0.1, 0.15) is 6.10 Å². The van der Waals surface area contributed by atoms with E-state index in [1.54, 1.807) is 7.11 Å². The van der Waals surface area contributed by atoms with Gasteiger partial charge in [-0.2, -0.15) is 0 Å². The van der Waals surface area contributed by atoms with Crippen molar-refractivity contribution in [2.24, 2.45) is 0 Å². The summed E-state index contributed by atoms with van der Waals surface area (Å²) < 4.78 is 16.4. The fourth-order valence-corrected chi connectivity index (χ4v) is 4.56. The van der Waals surface area contributed by atoms with Gasteiger partial charge in [0.25, 0.3) is 0 Å². The fourth-order valence-electron chi connectivity index (χ4n) is 4.56. The van der Waals surface area contributed by atoms with Crippen LogP contribution in [-0.2, 0) is 11.3 Å². The van der Waals surface area contributed by atoms with E-state index in [-0.39, 0.29) is 18.8 Å². The molecule has 0 aromatic heterocycles. The monoisotopic (exact) mass is 317 g/mol. The Bertz CT molecular complexity index is 702. The number of methoxy groups -OCH3 is 1. The molecule has 0 spiro atoms. The zero-order valence-electron chi connectivity index (χ0n) is 12.8. The summed E-state index contributed by atoms with van der Waals surface area (Å²) in [6.45, 7) is 1.57. The van der Waals surface area contributed by atoms with Crippen molar-refractivity contribution in [2.45, 2.75) is 36.8 Å². The molecule has 0 saturated carbocycles. The van der Waals surface area contributed by atoms with Crippen LogP contribution >= 0.6 is 0 Å². The maximum absolute atomic E-state index is 10.9. The first kappa shape index (κ1) is 13.8. The average molecular weight is 317 g/mol. The van der Waals surface area contributed by atoms with Gasteiger partial charge in [-0.15, -0.1) is 0 Å². The summed E-state index contributed by atoms with van der Waals surface area (Å²) in [4.78, 5) is 2.24. The van der Waals surface area contributed by atoms with Gasteiger partial charge in [-0.05, 0) is 34.9 Å². The summed E-state index contributed by atoms with van der Waals surface area (Å²) in [5.74, 6) is 1.36.